The Hall–Kier alpha value is -2.19. The summed E-state index contributed by atoms with van der Waals surface area (Å²) in [6.45, 7) is 2.75. The van der Waals surface area contributed by atoms with Gasteiger partial charge in [-0.15, -0.1) is 10.2 Å². The number of nitrogens with zero attached hydrogens (tertiary/aromatic N) is 5. The van der Waals surface area contributed by atoms with Crippen molar-refractivity contribution in [2.24, 2.45) is 0 Å². The SMILES string of the molecule is CCn1c(SCC(=O)N(C)c2ccc(Br)cc2)nnc1-c1cccnc1. The van der Waals surface area contributed by atoms with E-state index < -0.39 is 0 Å². The van der Waals surface area contributed by atoms with E-state index >= 15 is 0 Å². The van der Waals surface area contributed by atoms with Crippen molar-refractivity contribution in [3.05, 3.63) is 53.3 Å². The van der Waals surface area contributed by atoms with E-state index in [-0.39, 0.29) is 11.7 Å². The first-order valence-corrected chi connectivity index (χ1v) is 9.86. The fraction of sp³-hybridized carbons (Fsp3) is 0.222. The van der Waals surface area contributed by atoms with E-state index in [0.29, 0.717) is 0 Å². The second-order valence-corrected chi connectivity index (χ2v) is 7.37. The van der Waals surface area contributed by atoms with Crippen LogP contribution in [0.15, 0.2) is 58.4 Å². The Balaban J connectivity index is 1.70. The van der Waals surface area contributed by atoms with Gasteiger partial charge in [-0.2, -0.15) is 0 Å². The number of hydrogen-bond acceptors (Lipinski definition) is 5. The van der Waals surface area contributed by atoms with Crippen LogP contribution in [0.1, 0.15) is 6.92 Å². The third-order valence-corrected chi connectivity index (χ3v) is 5.35. The Labute approximate surface area is 164 Å². The Morgan fingerprint density at radius 3 is 2.65 bits per heavy atom. The Morgan fingerprint density at radius 1 is 1.23 bits per heavy atom. The topological polar surface area (TPSA) is 63.9 Å². The molecular weight excluding hydrogens is 414 g/mol. The maximum absolute atomic E-state index is 12.5. The molecule has 6 nitrogen and oxygen atoms in total. The van der Waals surface area contributed by atoms with Crippen molar-refractivity contribution in [1.29, 1.82) is 0 Å². The number of aromatic nitrogens is 4. The average Bonchev–Trinajstić information content (AvgIpc) is 3.09. The summed E-state index contributed by atoms with van der Waals surface area (Å²) in [7, 11) is 1.78. The number of halogens is 1. The first-order chi connectivity index (χ1) is 12.6. The van der Waals surface area contributed by atoms with Crippen molar-refractivity contribution in [3.8, 4) is 11.4 Å². The summed E-state index contributed by atoms with van der Waals surface area (Å²) in [6.07, 6.45) is 3.49. The minimum absolute atomic E-state index is 0.00547. The molecule has 1 aromatic carbocycles. The monoisotopic (exact) mass is 431 g/mol. The van der Waals surface area contributed by atoms with Gasteiger partial charge in [0, 0.05) is 41.7 Å². The molecule has 3 rings (SSSR count). The minimum atomic E-state index is 0.00547. The van der Waals surface area contributed by atoms with E-state index in [1.807, 2.05) is 47.9 Å². The Bertz CT molecular complexity index is 882. The summed E-state index contributed by atoms with van der Waals surface area (Å²) in [6, 6.07) is 11.5. The van der Waals surface area contributed by atoms with Crippen molar-refractivity contribution in [1.82, 2.24) is 19.7 Å². The van der Waals surface area contributed by atoms with Crippen LogP contribution >= 0.6 is 27.7 Å². The molecule has 0 aliphatic rings. The molecule has 0 atom stereocenters. The first-order valence-electron chi connectivity index (χ1n) is 8.08. The summed E-state index contributed by atoms with van der Waals surface area (Å²) in [5.41, 5.74) is 1.76. The van der Waals surface area contributed by atoms with Gasteiger partial charge in [-0.1, -0.05) is 27.7 Å². The van der Waals surface area contributed by atoms with Crippen molar-refractivity contribution in [2.75, 3.05) is 17.7 Å². The molecule has 0 bridgehead atoms. The van der Waals surface area contributed by atoms with Crippen molar-refractivity contribution in [2.45, 2.75) is 18.6 Å². The minimum Gasteiger partial charge on any atom is -0.315 e. The zero-order chi connectivity index (χ0) is 18.5. The normalized spacial score (nSPS) is 10.7. The summed E-state index contributed by atoms with van der Waals surface area (Å²) >= 11 is 4.79. The third-order valence-electron chi connectivity index (χ3n) is 3.87. The van der Waals surface area contributed by atoms with Crippen LogP contribution in [0.4, 0.5) is 5.69 Å². The molecule has 0 spiro atoms. The van der Waals surface area contributed by atoms with Gasteiger partial charge >= 0.3 is 0 Å². The van der Waals surface area contributed by atoms with Crippen LogP contribution in [-0.2, 0) is 11.3 Å². The predicted molar refractivity (Wildman–Crippen MR) is 107 cm³/mol. The molecule has 2 aromatic heterocycles. The molecule has 134 valence electrons. The number of amides is 1. The smallest absolute Gasteiger partial charge is 0.237 e. The second kappa shape index (κ2) is 8.46. The maximum Gasteiger partial charge on any atom is 0.237 e. The lowest BCUT2D eigenvalue weighted by atomic mass is 10.3. The number of carbonyl (C=O) groups excluding carboxylic acids is 1. The van der Waals surface area contributed by atoms with E-state index in [1.165, 1.54) is 11.8 Å². The highest BCUT2D eigenvalue weighted by atomic mass is 79.9. The summed E-state index contributed by atoms with van der Waals surface area (Å²) in [5, 5.41) is 9.25. The van der Waals surface area contributed by atoms with Gasteiger partial charge in [0.2, 0.25) is 5.91 Å². The van der Waals surface area contributed by atoms with Gasteiger partial charge in [-0.25, -0.2) is 0 Å². The molecule has 1 amide bonds. The number of pyridine rings is 1. The van der Waals surface area contributed by atoms with Gasteiger partial charge in [0.1, 0.15) is 0 Å². The standard InChI is InChI=1S/C18H18BrN5OS/c1-3-24-17(13-5-4-10-20-11-13)21-22-18(24)26-12-16(25)23(2)15-8-6-14(19)7-9-15/h4-11H,3,12H2,1-2H3. The van der Waals surface area contributed by atoms with Crippen LogP contribution in [0.2, 0.25) is 0 Å². The molecule has 0 aliphatic carbocycles. The molecular formula is C18H18BrN5OS. The molecule has 3 aromatic rings. The zero-order valence-electron chi connectivity index (χ0n) is 14.5. The number of hydrogen-bond donors (Lipinski definition) is 0. The van der Waals surface area contributed by atoms with Gasteiger partial charge in [-0.3, -0.25) is 9.78 Å². The fourth-order valence-corrected chi connectivity index (χ4v) is 3.60. The second-order valence-electron chi connectivity index (χ2n) is 5.51. The molecule has 0 N–H and O–H groups in total. The van der Waals surface area contributed by atoms with Crippen LogP contribution in [0.5, 0.6) is 0 Å². The number of carbonyl (C=O) groups is 1. The first kappa shape index (κ1) is 18.6. The number of benzene rings is 1. The molecule has 0 unspecified atom stereocenters. The van der Waals surface area contributed by atoms with Gasteiger partial charge in [0.25, 0.3) is 0 Å². The summed E-state index contributed by atoms with van der Waals surface area (Å²) in [5.74, 6) is 1.06. The van der Waals surface area contributed by atoms with Crippen LogP contribution in [0, 0.1) is 0 Å². The molecule has 0 aliphatic heterocycles. The van der Waals surface area contributed by atoms with E-state index in [2.05, 4.69) is 31.1 Å². The fourth-order valence-electron chi connectivity index (χ4n) is 2.42. The molecule has 26 heavy (non-hydrogen) atoms. The van der Waals surface area contributed by atoms with Crippen molar-refractivity contribution in [3.63, 3.8) is 0 Å². The lowest BCUT2D eigenvalue weighted by molar-refractivity contribution is -0.115. The van der Waals surface area contributed by atoms with Gasteiger partial charge in [-0.05, 0) is 43.3 Å². The lowest BCUT2D eigenvalue weighted by Gasteiger charge is -2.17. The summed E-state index contributed by atoms with van der Waals surface area (Å²) < 4.78 is 2.98. The van der Waals surface area contributed by atoms with Crippen molar-refractivity contribution >= 4 is 39.3 Å². The van der Waals surface area contributed by atoms with E-state index in [9.17, 15) is 4.79 Å². The number of rotatable bonds is 6. The molecule has 8 heteroatoms. The third kappa shape index (κ3) is 4.13. The van der Waals surface area contributed by atoms with E-state index in [4.69, 9.17) is 0 Å². The Kier molecular flexibility index (Phi) is 6.05. The van der Waals surface area contributed by atoms with Gasteiger partial charge in [0.15, 0.2) is 11.0 Å². The molecule has 2 heterocycles. The number of anilines is 1. The average molecular weight is 432 g/mol. The largest absolute Gasteiger partial charge is 0.315 e. The molecule has 0 radical (unpaired) electrons. The van der Waals surface area contributed by atoms with Crippen LogP contribution in [0.3, 0.4) is 0 Å². The highest BCUT2D eigenvalue weighted by Crippen LogP contribution is 2.24. The quantitative estimate of drug-likeness (QED) is 0.554. The predicted octanol–water partition coefficient (Wildman–Crippen LogP) is 3.88. The van der Waals surface area contributed by atoms with Crippen LogP contribution in [0.25, 0.3) is 11.4 Å². The highest BCUT2D eigenvalue weighted by molar-refractivity contribution is 9.10. The van der Waals surface area contributed by atoms with E-state index in [1.54, 1.807) is 24.3 Å². The highest BCUT2D eigenvalue weighted by Gasteiger charge is 2.17. The molecule has 0 fully saturated rings. The Morgan fingerprint density at radius 2 is 2.00 bits per heavy atom. The zero-order valence-corrected chi connectivity index (χ0v) is 16.9. The lowest BCUT2D eigenvalue weighted by Crippen LogP contribution is -2.28. The van der Waals surface area contributed by atoms with Crippen LogP contribution < -0.4 is 4.90 Å². The number of thioether (sulfide) groups is 1. The molecule has 0 saturated heterocycles. The van der Waals surface area contributed by atoms with Crippen LogP contribution in [-0.4, -0.2) is 38.5 Å². The maximum atomic E-state index is 12.5. The summed E-state index contributed by atoms with van der Waals surface area (Å²) in [4.78, 5) is 18.3. The van der Waals surface area contributed by atoms with Crippen molar-refractivity contribution < 1.29 is 4.79 Å². The van der Waals surface area contributed by atoms with E-state index in [0.717, 1.165) is 33.2 Å². The molecule has 0 saturated carbocycles. The van der Waals surface area contributed by atoms with Gasteiger partial charge in [0.05, 0.1) is 5.75 Å². The van der Waals surface area contributed by atoms with Gasteiger partial charge < -0.3 is 9.47 Å².